The molecule has 1 spiro atoms. The van der Waals surface area contributed by atoms with E-state index in [1.165, 1.54) is 44.5 Å². The number of quaternary nitrogens is 1. The summed E-state index contributed by atoms with van der Waals surface area (Å²) in [6, 6.07) is 2.21. The number of fused-ring (bicyclic) bond motifs is 2. The number of aromatic nitrogens is 1. The molecular formula is C17H22N3+. The van der Waals surface area contributed by atoms with Crippen molar-refractivity contribution in [1.29, 1.82) is 0 Å². The van der Waals surface area contributed by atoms with Gasteiger partial charge in [-0.05, 0) is 5.92 Å². The summed E-state index contributed by atoms with van der Waals surface area (Å²) in [5.74, 6) is 3.69. The van der Waals surface area contributed by atoms with Gasteiger partial charge in [0, 0.05) is 50.1 Å². The van der Waals surface area contributed by atoms with Crippen LogP contribution in [-0.4, -0.2) is 36.7 Å². The Morgan fingerprint density at radius 2 is 2.20 bits per heavy atom. The maximum absolute atomic E-state index is 5.58. The van der Waals surface area contributed by atoms with Crippen LogP contribution in [0.4, 0.5) is 5.69 Å². The fraction of sp³-hybridized carbons (Fsp3) is 0.588. The molecule has 1 unspecified atom stereocenters. The van der Waals surface area contributed by atoms with E-state index >= 15 is 0 Å². The minimum Gasteiger partial charge on any atom is -0.311 e. The number of piperidine rings is 3. The Labute approximate surface area is 121 Å². The molecule has 0 amide bonds. The number of hydrogen-bond donors (Lipinski definition) is 1. The highest BCUT2D eigenvalue weighted by atomic mass is 15.4. The molecule has 4 aliphatic rings. The van der Waals surface area contributed by atoms with Gasteiger partial charge in [0.25, 0.3) is 0 Å². The summed E-state index contributed by atoms with van der Waals surface area (Å²) in [5.41, 5.74) is 2.67. The number of hydrogen-bond acceptors (Lipinski definition) is 2. The van der Waals surface area contributed by atoms with E-state index in [2.05, 4.69) is 28.5 Å². The average molecular weight is 268 g/mol. The van der Waals surface area contributed by atoms with E-state index in [-0.39, 0.29) is 0 Å². The van der Waals surface area contributed by atoms with Crippen molar-refractivity contribution in [1.82, 2.24) is 14.8 Å². The molecule has 1 aromatic rings. The molecule has 5 heterocycles. The van der Waals surface area contributed by atoms with E-state index in [1.807, 2.05) is 0 Å². The maximum atomic E-state index is 5.58. The van der Waals surface area contributed by atoms with E-state index in [4.69, 9.17) is 6.42 Å². The molecule has 104 valence electrons. The highest BCUT2D eigenvalue weighted by Crippen LogP contribution is 2.50. The van der Waals surface area contributed by atoms with Crippen molar-refractivity contribution in [2.75, 3.05) is 26.2 Å². The van der Waals surface area contributed by atoms with Crippen molar-refractivity contribution in [3.8, 4) is 12.3 Å². The summed E-state index contributed by atoms with van der Waals surface area (Å²) in [6.45, 7) is 4.85. The van der Waals surface area contributed by atoms with E-state index < -0.39 is 0 Å². The second-order valence-corrected chi connectivity index (χ2v) is 6.79. The predicted octanol–water partition coefficient (Wildman–Crippen LogP) is 1.92. The van der Waals surface area contributed by atoms with Crippen LogP contribution in [-0.2, 0) is 0 Å². The van der Waals surface area contributed by atoms with E-state index in [0.717, 1.165) is 29.1 Å². The third-order valence-corrected chi connectivity index (χ3v) is 6.02. The summed E-state index contributed by atoms with van der Waals surface area (Å²) in [7, 11) is 0. The van der Waals surface area contributed by atoms with Crippen LogP contribution in [0, 0.1) is 18.3 Å². The molecule has 4 aliphatic heterocycles. The van der Waals surface area contributed by atoms with Crippen LogP contribution in [0.15, 0.2) is 18.5 Å². The molecule has 0 aliphatic carbocycles. The molecule has 20 heavy (non-hydrogen) atoms. The van der Waals surface area contributed by atoms with Gasteiger partial charge in [0.1, 0.15) is 5.54 Å². The minimum atomic E-state index is 0.399. The van der Waals surface area contributed by atoms with Crippen LogP contribution in [0.25, 0.3) is 0 Å². The highest BCUT2D eigenvalue weighted by Gasteiger charge is 2.60. The van der Waals surface area contributed by atoms with Gasteiger partial charge in [0.05, 0.1) is 25.8 Å². The number of pyridine rings is 1. The monoisotopic (exact) mass is 268 g/mol. The van der Waals surface area contributed by atoms with Crippen LogP contribution >= 0.6 is 0 Å². The first-order chi connectivity index (χ1) is 9.78. The Bertz CT molecular complexity index is 558. The Morgan fingerprint density at radius 3 is 2.90 bits per heavy atom. The second kappa shape index (κ2) is 4.31. The minimum absolute atomic E-state index is 0.399. The van der Waals surface area contributed by atoms with E-state index in [1.54, 1.807) is 6.20 Å². The van der Waals surface area contributed by atoms with Gasteiger partial charge in [0.2, 0.25) is 0 Å². The van der Waals surface area contributed by atoms with Crippen molar-refractivity contribution in [2.24, 2.45) is 5.92 Å². The summed E-state index contributed by atoms with van der Waals surface area (Å²) in [6.07, 6.45) is 14.8. The van der Waals surface area contributed by atoms with Crippen molar-refractivity contribution in [3.05, 3.63) is 24.0 Å². The zero-order valence-electron chi connectivity index (χ0n) is 11.9. The third kappa shape index (κ3) is 1.52. The standard InChI is InChI=1S/C17H22N3/c1-2-14-9-16(12-19-11-14)20-7-3-15(4-8-20)10-17(20)5-6-18-13-17/h1,9,11-12,15,18H,3-8,10,13H2/q+1. The molecule has 3 nitrogen and oxygen atoms in total. The Morgan fingerprint density at radius 1 is 1.35 bits per heavy atom. The largest absolute Gasteiger partial charge is 0.311 e. The van der Waals surface area contributed by atoms with Gasteiger partial charge in [0.15, 0.2) is 5.69 Å². The van der Waals surface area contributed by atoms with Gasteiger partial charge in [-0.15, -0.1) is 6.42 Å². The first kappa shape index (κ1) is 12.4. The second-order valence-electron chi connectivity index (χ2n) is 6.79. The molecule has 0 saturated carbocycles. The lowest BCUT2D eigenvalue weighted by Gasteiger charge is -2.59. The molecule has 5 rings (SSSR count). The summed E-state index contributed by atoms with van der Waals surface area (Å²) < 4.78 is 1.12. The van der Waals surface area contributed by atoms with Gasteiger partial charge in [-0.3, -0.25) is 9.47 Å². The average Bonchev–Trinajstić information content (AvgIpc) is 2.97. The van der Waals surface area contributed by atoms with Crippen molar-refractivity contribution < 1.29 is 0 Å². The first-order valence-electron chi connectivity index (χ1n) is 7.78. The number of nitrogens with one attached hydrogen (secondary N) is 1. The normalized spacial score (nSPS) is 39.0. The summed E-state index contributed by atoms with van der Waals surface area (Å²) in [4.78, 5) is 4.42. The maximum Gasteiger partial charge on any atom is 0.153 e. The smallest absolute Gasteiger partial charge is 0.153 e. The molecule has 3 heteroatoms. The summed E-state index contributed by atoms with van der Waals surface area (Å²) >= 11 is 0. The Balaban J connectivity index is 1.84. The first-order valence-corrected chi connectivity index (χ1v) is 7.78. The number of nitrogens with zero attached hydrogens (tertiary/aromatic N) is 2. The van der Waals surface area contributed by atoms with E-state index in [0.29, 0.717) is 5.54 Å². The Hall–Kier alpha value is -1.37. The number of terminal acetylenes is 1. The molecule has 2 bridgehead atoms. The SMILES string of the molecule is C#Cc1cncc([N+]23CCC(CC2)CC32CCNC2)c1. The van der Waals surface area contributed by atoms with Gasteiger partial charge >= 0.3 is 0 Å². The lowest BCUT2D eigenvalue weighted by atomic mass is 9.71. The molecule has 0 aromatic carbocycles. The zero-order chi connectivity index (χ0) is 13.6. The van der Waals surface area contributed by atoms with Crippen molar-refractivity contribution in [2.45, 2.75) is 31.2 Å². The molecule has 0 radical (unpaired) electrons. The molecule has 4 fully saturated rings. The van der Waals surface area contributed by atoms with Crippen LogP contribution < -0.4 is 9.80 Å². The molecular weight excluding hydrogens is 246 g/mol. The Kier molecular flexibility index (Phi) is 2.67. The number of rotatable bonds is 1. The van der Waals surface area contributed by atoms with Gasteiger partial charge < -0.3 is 5.32 Å². The molecule has 1 atom stereocenters. The predicted molar refractivity (Wildman–Crippen MR) is 81.3 cm³/mol. The third-order valence-electron chi connectivity index (χ3n) is 6.02. The van der Waals surface area contributed by atoms with Crippen LogP contribution in [0.1, 0.15) is 31.2 Å². The van der Waals surface area contributed by atoms with Gasteiger partial charge in [-0.25, -0.2) is 0 Å². The topological polar surface area (TPSA) is 24.9 Å². The van der Waals surface area contributed by atoms with Crippen molar-refractivity contribution in [3.63, 3.8) is 0 Å². The van der Waals surface area contributed by atoms with Gasteiger partial charge in [-0.2, -0.15) is 0 Å². The van der Waals surface area contributed by atoms with E-state index in [9.17, 15) is 0 Å². The zero-order valence-corrected chi connectivity index (χ0v) is 11.9. The lowest BCUT2D eigenvalue weighted by Crippen LogP contribution is -2.74. The molecule has 4 saturated heterocycles. The van der Waals surface area contributed by atoms with Crippen LogP contribution in [0.3, 0.4) is 0 Å². The quantitative estimate of drug-likeness (QED) is 0.622. The highest BCUT2D eigenvalue weighted by molar-refractivity contribution is 5.50. The molecule has 1 aromatic heterocycles. The fourth-order valence-corrected chi connectivity index (χ4v) is 5.00. The van der Waals surface area contributed by atoms with Crippen LogP contribution in [0.5, 0.6) is 0 Å². The van der Waals surface area contributed by atoms with Crippen molar-refractivity contribution >= 4 is 5.69 Å². The molecule has 1 N–H and O–H groups in total. The lowest BCUT2D eigenvalue weighted by molar-refractivity contribution is -0.0108. The summed E-state index contributed by atoms with van der Waals surface area (Å²) in [5, 5.41) is 3.61. The fourth-order valence-electron chi connectivity index (χ4n) is 5.00. The van der Waals surface area contributed by atoms with Crippen LogP contribution in [0.2, 0.25) is 0 Å². The van der Waals surface area contributed by atoms with Gasteiger partial charge in [-0.1, -0.05) is 5.92 Å².